The van der Waals surface area contributed by atoms with Gasteiger partial charge in [-0.1, -0.05) is 33.3 Å². The lowest BCUT2D eigenvalue weighted by molar-refractivity contribution is -0.199. The van der Waals surface area contributed by atoms with Crippen LogP contribution in [0.5, 0.6) is 0 Å². The predicted molar refractivity (Wildman–Crippen MR) is 134 cm³/mol. The van der Waals surface area contributed by atoms with E-state index in [1.54, 1.807) is 6.08 Å². The SMILES string of the molecule is C=CC.CC1C(O)CCC2(C)C1CCC1(C)C3CCC4(C(=O)O)CCCC4C3CCC21.CO. The van der Waals surface area contributed by atoms with Crippen molar-refractivity contribution in [1.29, 1.82) is 0 Å². The summed E-state index contributed by atoms with van der Waals surface area (Å²) >= 11 is 0. The van der Waals surface area contributed by atoms with Crippen LogP contribution in [0.15, 0.2) is 12.7 Å². The monoisotopic (exact) mass is 462 g/mol. The molecular formula is C29H50O4. The zero-order chi connectivity index (χ0) is 24.6. The number of aliphatic hydroxyl groups is 2. The van der Waals surface area contributed by atoms with Crippen molar-refractivity contribution in [1.82, 2.24) is 0 Å². The second-order valence-corrected chi connectivity index (χ2v) is 12.4. The highest BCUT2D eigenvalue weighted by Gasteiger charge is 2.65. The molecule has 5 aliphatic carbocycles. The van der Waals surface area contributed by atoms with E-state index in [2.05, 4.69) is 27.4 Å². The Bertz CT molecular complexity index is 706. The Labute approximate surface area is 202 Å². The lowest BCUT2D eigenvalue weighted by Crippen LogP contribution is -2.61. The van der Waals surface area contributed by atoms with Crippen molar-refractivity contribution >= 4 is 5.97 Å². The second-order valence-electron chi connectivity index (χ2n) is 12.4. The molecule has 4 nitrogen and oxygen atoms in total. The minimum absolute atomic E-state index is 0.108. The molecule has 0 aromatic heterocycles. The predicted octanol–water partition coefficient (Wildman–Crippen LogP) is 6.31. The summed E-state index contributed by atoms with van der Waals surface area (Å²) in [7, 11) is 1.00. The Morgan fingerprint density at radius 3 is 2.09 bits per heavy atom. The van der Waals surface area contributed by atoms with Crippen LogP contribution in [0.25, 0.3) is 0 Å². The molecule has 0 spiro atoms. The van der Waals surface area contributed by atoms with Crippen LogP contribution in [-0.4, -0.2) is 34.5 Å². The van der Waals surface area contributed by atoms with Gasteiger partial charge in [-0.2, -0.15) is 0 Å². The number of rotatable bonds is 1. The molecule has 33 heavy (non-hydrogen) atoms. The number of fused-ring (bicyclic) bond motifs is 7. The van der Waals surface area contributed by atoms with E-state index in [1.165, 1.54) is 32.1 Å². The summed E-state index contributed by atoms with van der Waals surface area (Å²) in [6.07, 6.45) is 14.2. The third-order valence-electron chi connectivity index (χ3n) is 11.5. The van der Waals surface area contributed by atoms with Crippen LogP contribution in [0.1, 0.15) is 98.3 Å². The molecule has 0 bridgehead atoms. The van der Waals surface area contributed by atoms with E-state index in [1.807, 2.05) is 6.92 Å². The van der Waals surface area contributed by atoms with E-state index in [-0.39, 0.29) is 6.10 Å². The molecule has 0 aliphatic heterocycles. The third-order valence-corrected chi connectivity index (χ3v) is 11.5. The van der Waals surface area contributed by atoms with Gasteiger partial charge in [0.1, 0.15) is 0 Å². The van der Waals surface area contributed by atoms with E-state index in [0.29, 0.717) is 34.5 Å². The summed E-state index contributed by atoms with van der Waals surface area (Å²) in [5, 5.41) is 27.6. The highest BCUT2D eigenvalue weighted by atomic mass is 16.4. The molecule has 0 amide bonds. The fraction of sp³-hybridized carbons (Fsp3) is 0.897. The van der Waals surface area contributed by atoms with Gasteiger partial charge in [-0.05, 0) is 117 Å². The van der Waals surface area contributed by atoms with Crippen molar-refractivity contribution in [2.24, 2.45) is 51.8 Å². The maximum atomic E-state index is 12.3. The molecule has 0 saturated heterocycles. The number of hydrogen-bond acceptors (Lipinski definition) is 3. The summed E-state index contributed by atoms with van der Waals surface area (Å²) < 4.78 is 0. The van der Waals surface area contributed by atoms with Gasteiger partial charge in [-0.25, -0.2) is 0 Å². The van der Waals surface area contributed by atoms with Gasteiger partial charge < -0.3 is 15.3 Å². The first-order valence-electron chi connectivity index (χ1n) is 13.6. The number of allylic oxidation sites excluding steroid dienone is 1. The summed E-state index contributed by atoms with van der Waals surface area (Å²) in [5.74, 6) is 3.15. The van der Waals surface area contributed by atoms with Crippen molar-refractivity contribution in [2.75, 3.05) is 7.11 Å². The summed E-state index contributed by atoms with van der Waals surface area (Å²) in [6.45, 7) is 12.7. The van der Waals surface area contributed by atoms with Gasteiger partial charge in [0.25, 0.3) is 0 Å². The third kappa shape index (κ3) is 4.01. The van der Waals surface area contributed by atoms with Crippen molar-refractivity contribution in [2.45, 2.75) is 104 Å². The van der Waals surface area contributed by atoms with Crippen LogP contribution in [0.3, 0.4) is 0 Å². The van der Waals surface area contributed by atoms with E-state index in [4.69, 9.17) is 5.11 Å². The van der Waals surface area contributed by atoms with Crippen LogP contribution in [0.2, 0.25) is 0 Å². The molecule has 5 fully saturated rings. The molecule has 190 valence electrons. The lowest BCUT2D eigenvalue weighted by atomic mass is 9.37. The molecule has 5 saturated carbocycles. The van der Waals surface area contributed by atoms with Crippen molar-refractivity contribution < 1.29 is 20.1 Å². The quantitative estimate of drug-likeness (QED) is 0.399. The normalized spacial score (nSPS) is 50.0. The van der Waals surface area contributed by atoms with Crippen LogP contribution >= 0.6 is 0 Å². The topological polar surface area (TPSA) is 77.8 Å². The molecule has 4 heteroatoms. The first-order valence-corrected chi connectivity index (χ1v) is 13.6. The molecular weight excluding hydrogens is 412 g/mol. The fourth-order valence-electron chi connectivity index (χ4n) is 10.2. The smallest absolute Gasteiger partial charge is 0.309 e. The Hall–Kier alpha value is -0.870. The van der Waals surface area contributed by atoms with Crippen molar-refractivity contribution in [3.05, 3.63) is 12.7 Å². The molecule has 10 atom stereocenters. The van der Waals surface area contributed by atoms with Gasteiger partial charge in [-0.3, -0.25) is 4.79 Å². The van der Waals surface area contributed by atoms with Gasteiger partial charge in [0.15, 0.2) is 0 Å². The number of aliphatic carboxylic acids is 1. The van der Waals surface area contributed by atoms with Crippen LogP contribution in [0.4, 0.5) is 0 Å². The van der Waals surface area contributed by atoms with Gasteiger partial charge >= 0.3 is 5.97 Å². The molecule has 0 heterocycles. The molecule has 5 rings (SSSR count). The molecule has 10 unspecified atom stereocenters. The van der Waals surface area contributed by atoms with Gasteiger partial charge in [0.05, 0.1) is 11.5 Å². The average Bonchev–Trinajstić information content (AvgIpc) is 3.24. The van der Waals surface area contributed by atoms with Crippen molar-refractivity contribution in [3.8, 4) is 0 Å². The molecule has 3 N–H and O–H groups in total. The number of hydrogen-bond donors (Lipinski definition) is 3. The number of carbonyl (C=O) groups is 1. The van der Waals surface area contributed by atoms with E-state index in [0.717, 1.165) is 57.5 Å². The minimum Gasteiger partial charge on any atom is -0.481 e. The van der Waals surface area contributed by atoms with Crippen LogP contribution in [0, 0.1) is 51.8 Å². The highest BCUT2D eigenvalue weighted by molar-refractivity contribution is 5.75. The first kappa shape index (κ1) is 26.7. The second kappa shape index (κ2) is 10.0. The van der Waals surface area contributed by atoms with E-state index >= 15 is 0 Å². The Morgan fingerprint density at radius 2 is 1.45 bits per heavy atom. The Balaban J connectivity index is 0.000000569. The summed E-state index contributed by atoms with van der Waals surface area (Å²) in [4.78, 5) is 12.3. The largest absolute Gasteiger partial charge is 0.481 e. The zero-order valence-electron chi connectivity index (χ0n) is 21.9. The Morgan fingerprint density at radius 1 is 0.879 bits per heavy atom. The maximum absolute atomic E-state index is 12.3. The maximum Gasteiger partial charge on any atom is 0.309 e. The fourth-order valence-corrected chi connectivity index (χ4v) is 10.2. The van der Waals surface area contributed by atoms with Crippen molar-refractivity contribution in [3.63, 3.8) is 0 Å². The van der Waals surface area contributed by atoms with Crippen LogP contribution < -0.4 is 0 Å². The molecule has 0 aromatic rings. The standard InChI is InChI=1S/C25H40O3.C3H6.CH4O/c1-15-17-8-12-24(3)18-9-14-25(22(27)28)11-4-5-19(25)16(18)6-7-21(24)23(17,2)13-10-20(15)26;1-3-2;1-2/h15-21,26H,4-14H2,1-3H3,(H,27,28);3H,1H2,2H3;2H,1H3. The number of carboxylic acids is 1. The lowest BCUT2D eigenvalue weighted by Gasteiger charge is -2.67. The number of aliphatic hydroxyl groups excluding tert-OH is 2. The Kier molecular flexibility index (Phi) is 8.11. The van der Waals surface area contributed by atoms with E-state index < -0.39 is 11.4 Å². The summed E-state index contributed by atoms with van der Waals surface area (Å²) in [6, 6.07) is 0. The highest BCUT2D eigenvalue weighted by Crippen LogP contribution is 2.71. The average molecular weight is 463 g/mol. The first-order chi connectivity index (χ1) is 15.7. The van der Waals surface area contributed by atoms with E-state index in [9.17, 15) is 15.0 Å². The molecule has 0 aromatic carbocycles. The van der Waals surface area contributed by atoms with Gasteiger partial charge in [0.2, 0.25) is 0 Å². The van der Waals surface area contributed by atoms with Gasteiger partial charge in [-0.15, -0.1) is 6.58 Å². The van der Waals surface area contributed by atoms with Crippen LogP contribution in [-0.2, 0) is 4.79 Å². The minimum atomic E-state index is -0.494. The molecule has 0 radical (unpaired) electrons. The molecule has 5 aliphatic rings. The van der Waals surface area contributed by atoms with Gasteiger partial charge in [0, 0.05) is 7.11 Å². The zero-order valence-corrected chi connectivity index (χ0v) is 21.9. The summed E-state index contributed by atoms with van der Waals surface area (Å²) in [5.41, 5.74) is 0.353. The number of carboxylic acid groups (broad SMARTS) is 1.